The first-order valence-electron chi connectivity index (χ1n) is 16.1. The Bertz CT molecular complexity index is 2060. The van der Waals surface area contributed by atoms with Gasteiger partial charge in [0, 0.05) is 43.6 Å². The molecule has 0 aliphatic carbocycles. The van der Waals surface area contributed by atoms with E-state index in [9.17, 15) is 31.4 Å². The number of hydrogen-bond acceptors (Lipinski definition) is 10. The van der Waals surface area contributed by atoms with Gasteiger partial charge < -0.3 is 30.7 Å². The molecule has 3 amide bonds. The van der Waals surface area contributed by atoms with Gasteiger partial charge in [-0.15, -0.1) is 0 Å². The summed E-state index contributed by atoms with van der Waals surface area (Å²) in [5.74, 6) is 2.04. The fraction of sp³-hybridized carbons (Fsp3) is 0.265. The summed E-state index contributed by atoms with van der Waals surface area (Å²) in [6.45, 7) is 5.47. The highest BCUT2D eigenvalue weighted by Gasteiger charge is 2.31. The van der Waals surface area contributed by atoms with E-state index in [-0.39, 0.29) is 23.1 Å². The first kappa shape index (κ1) is 38.7. The van der Waals surface area contributed by atoms with Crippen LogP contribution in [0.3, 0.4) is 0 Å². The first-order chi connectivity index (χ1) is 25.2. The van der Waals surface area contributed by atoms with Crippen LogP contribution in [0, 0.1) is 11.6 Å². The van der Waals surface area contributed by atoms with Crippen molar-refractivity contribution in [2.45, 2.75) is 18.0 Å². The molecule has 13 nitrogen and oxygen atoms in total. The number of halogens is 5. The molecule has 5 N–H and O–H groups in total. The lowest BCUT2D eigenvalue weighted by molar-refractivity contribution is -0.137. The van der Waals surface area contributed by atoms with E-state index in [1.54, 1.807) is 19.1 Å². The largest absolute Gasteiger partial charge is 0.449 e. The van der Waals surface area contributed by atoms with Crippen molar-refractivity contribution in [3.8, 4) is 11.1 Å². The molecule has 3 aromatic carbocycles. The molecule has 4 aromatic rings. The van der Waals surface area contributed by atoms with E-state index >= 15 is 4.39 Å². The number of rotatable bonds is 12. The minimum absolute atomic E-state index is 0.0820. The Kier molecular flexibility index (Phi) is 12.3. The molecule has 1 saturated heterocycles. The van der Waals surface area contributed by atoms with Crippen LogP contribution >= 0.6 is 0 Å². The topological polar surface area (TPSA) is 159 Å². The Balaban J connectivity index is 1.36. The molecule has 0 radical (unpaired) electrons. The van der Waals surface area contributed by atoms with E-state index in [0.29, 0.717) is 67.1 Å². The number of carbonyl (C=O) groups is 2. The summed E-state index contributed by atoms with van der Waals surface area (Å²) in [6, 6.07) is 10.4. The number of carbonyl (C=O) groups excluding carboxylic acids is 2. The van der Waals surface area contributed by atoms with Gasteiger partial charge in [-0.3, -0.25) is 4.90 Å². The van der Waals surface area contributed by atoms with E-state index in [0.717, 1.165) is 19.2 Å². The predicted octanol–water partition coefficient (Wildman–Crippen LogP) is 6.31. The van der Waals surface area contributed by atoms with Gasteiger partial charge in [-0.05, 0) is 66.9 Å². The summed E-state index contributed by atoms with van der Waals surface area (Å²) in [5, 5.41) is 10.4. The average molecular weight is 763 g/mol. The number of anilines is 5. The van der Waals surface area contributed by atoms with Crippen molar-refractivity contribution < 1.29 is 45.2 Å². The lowest BCUT2D eigenvalue weighted by Crippen LogP contribution is -2.39. The summed E-state index contributed by atoms with van der Waals surface area (Å²) in [6.07, 6.45) is -4.22. The minimum atomic E-state index is -4.77. The van der Waals surface area contributed by atoms with Crippen LogP contribution in [-0.2, 0) is 25.4 Å². The van der Waals surface area contributed by atoms with Crippen LogP contribution < -0.4 is 26.0 Å². The zero-order valence-electron chi connectivity index (χ0n) is 28.2. The van der Waals surface area contributed by atoms with Gasteiger partial charge in [0.2, 0.25) is 5.95 Å². The number of ether oxygens (including phenoxy) is 2. The summed E-state index contributed by atoms with van der Waals surface area (Å²) in [5.41, 5.74) is -1.15. The molecule has 0 saturated carbocycles. The molecule has 1 atom stereocenters. The Morgan fingerprint density at radius 2 is 1.75 bits per heavy atom. The van der Waals surface area contributed by atoms with Gasteiger partial charge in [0.25, 0.3) is 0 Å². The van der Waals surface area contributed by atoms with E-state index in [4.69, 9.17) is 9.47 Å². The quantitative estimate of drug-likeness (QED) is 0.0819. The molecule has 53 heavy (non-hydrogen) atoms. The number of aromatic nitrogens is 2. The highest BCUT2D eigenvalue weighted by Crippen LogP contribution is 2.33. The number of benzene rings is 3. The third kappa shape index (κ3) is 10.5. The standard InChI is InChI=1S/C34H35F5N8O5S/c1-3-52-33(49)46-53(2,50)24-6-4-5-23(19-24)42-31-41-20-25(30(45-31)40-11-12-47-13-15-51-16-14-47)21-7-10-28(27(36)17-21)43-32(48)44-29-18-22(34(37,38)39)8-9-26(29)35/h4-10,17-20H,2-3,11-16H2,1H3,(H2,43,44,48)(H,46,49,50)(H2,40,41,42,45). The van der Waals surface area contributed by atoms with E-state index in [1.165, 1.54) is 30.5 Å². The molecule has 1 aliphatic heterocycles. The molecule has 0 bridgehead atoms. The number of urea groups is 1. The Morgan fingerprint density at radius 3 is 2.47 bits per heavy atom. The van der Waals surface area contributed by atoms with Crippen LogP contribution in [-0.4, -0.2) is 83.1 Å². The Labute approximate surface area is 301 Å². The van der Waals surface area contributed by atoms with Gasteiger partial charge in [0.15, 0.2) is 0 Å². The maximum Gasteiger partial charge on any atom is 0.418 e. The minimum Gasteiger partial charge on any atom is -0.449 e. The number of morpholine rings is 1. The number of amides is 3. The fourth-order valence-electron chi connectivity index (χ4n) is 5.06. The molecule has 2 heterocycles. The van der Waals surface area contributed by atoms with Crippen molar-refractivity contribution in [2.75, 3.05) is 67.3 Å². The van der Waals surface area contributed by atoms with Gasteiger partial charge in [-0.25, -0.2) is 32.3 Å². The number of hydrogen-bond donors (Lipinski definition) is 5. The third-order valence-electron chi connectivity index (χ3n) is 7.68. The first-order valence-corrected chi connectivity index (χ1v) is 17.8. The normalized spacial score (nSPS) is 14.5. The Hall–Kier alpha value is -5.53. The smallest absolute Gasteiger partial charge is 0.418 e. The third-order valence-corrected chi connectivity index (χ3v) is 9.19. The number of nitrogens with one attached hydrogen (secondary N) is 5. The molecule has 1 aliphatic rings. The number of nitrogens with zero attached hydrogens (tertiary/aromatic N) is 3. The molecule has 0 spiro atoms. The van der Waals surface area contributed by atoms with Gasteiger partial charge >= 0.3 is 18.3 Å². The van der Waals surface area contributed by atoms with Gasteiger partial charge in [0.1, 0.15) is 17.5 Å². The van der Waals surface area contributed by atoms with Crippen molar-refractivity contribution in [2.24, 2.45) is 0 Å². The molecule has 5 rings (SSSR count). The zero-order valence-corrected chi connectivity index (χ0v) is 29.0. The van der Waals surface area contributed by atoms with E-state index in [2.05, 4.69) is 41.4 Å². The fourth-order valence-corrected chi connectivity index (χ4v) is 6.13. The van der Waals surface area contributed by atoms with Gasteiger partial charge in [-0.1, -0.05) is 12.1 Å². The molecular formula is C34H35F5N8O5S. The molecule has 1 aromatic heterocycles. The highest BCUT2D eigenvalue weighted by molar-refractivity contribution is 7.99. The van der Waals surface area contributed by atoms with E-state index in [1.807, 2.05) is 5.32 Å². The van der Waals surface area contributed by atoms with Crippen LogP contribution in [0.25, 0.3) is 11.1 Å². The maximum absolute atomic E-state index is 15.4. The van der Waals surface area contributed by atoms with Gasteiger partial charge in [-0.2, -0.15) is 18.2 Å². The van der Waals surface area contributed by atoms with Crippen LogP contribution in [0.5, 0.6) is 0 Å². The van der Waals surface area contributed by atoms with Crippen LogP contribution in [0.15, 0.2) is 71.8 Å². The lowest BCUT2D eigenvalue weighted by atomic mass is 10.1. The van der Waals surface area contributed by atoms with Crippen LogP contribution in [0.2, 0.25) is 0 Å². The summed E-state index contributed by atoms with van der Waals surface area (Å²) >= 11 is 0. The molecule has 282 valence electrons. The average Bonchev–Trinajstić information content (AvgIpc) is 3.10. The Morgan fingerprint density at radius 1 is 1.00 bits per heavy atom. The van der Waals surface area contributed by atoms with Crippen molar-refractivity contribution in [3.63, 3.8) is 0 Å². The summed E-state index contributed by atoms with van der Waals surface area (Å²) < 4.78 is 94.3. The van der Waals surface area contributed by atoms with Crippen molar-refractivity contribution in [3.05, 3.63) is 84.1 Å². The zero-order chi connectivity index (χ0) is 38.2. The molecule has 1 fully saturated rings. The highest BCUT2D eigenvalue weighted by atomic mass is 32.2. The second kappa shape index (κ2) is 16.9. The SMILES string of the molecule is C=S(=O)(NC(=O)OCC)c1cccc(Nc2ncc(-c3ccc(NC(=O)Nc4cc(C(F)(F)F)ccc4F)c(F)c3)c(NCCN3CCOCC3)n2)c1. The van der Waals surface area contributed by atoms with Crippen molar-refractivity contribution in [1.29, 1.82) is 0 Å². The molecule has 1 unspecified atom stereocenters. The predicted molar refractivity (Wildman–Crippen MR) is 191 cm³/mol. The second-order valence-corrected chi connectivity index (χ2v) is 13.5. The molecule has 19 heteroatoms. The van der Waals surface area contributed by atoms with E-state index < -0.39 is 50.9 Å². The number of alkyl halides is 3. The van der Waals surface area contributed by atoms with Crippen molar-refractivity contribution in [1.82, 2.24) is 19.6 Å². The monoisotopic (exact) mass is 762 g/mol. The maximum atomic E-state index is 15.4. The lowest BCUT2D eigenvalue weighted by Gasteiger charge is -2.26. The van der Waals surface area contributed by atoms with Crippen LogP contribution in [0.4, 0.5) is 60.4 Å². The summed E-state index contributed by atoms with van der Waals surface area (Å²) in [7, 11) is -3.27. The van der Waals surface area contributed by atoms with Crippen LogP contribution in [0.1, 0.15) is 12.5 Å². The second-order valence-electron chi connectivity index (χ2n) is 11.5. The van der Waals surface area contributed by atoms with Crippen molar-refractivity contribution >= 4 is 56.5 Å². The summed E-state index contributed by atoms with van der Waals surface area (Å²) in [4.78, 5) is 35.8. The van der Waals surface area contributed by atoms with Gasteiger partial charge in [0.05, 0.1) is 51.4 Å². The molecular weight excluding hydrogens is 727 g/mol.